The second-order valence-corrected chi connectivity index (χ2v) is 10.5. The van der Waals surface area contributed by atoms with Crippen molar-refractivity contribution in [1.29, 1.82) is 0 Å². The lowest BCUT2D eigenvalue weighted by molar-refractivity contribution is -0.113. The van der Waals surface area contributed by atoms with Gasteiger partial charge in [0.2, 0.25) is 0 Å². The van der Waals surface area contributed by atoms with E-state index in [2.05, 4.69) is 32.6 Å². The van der Waals surface area contributed by atoms with E-state index < -0.39 is 0 Å². The number of thioether (sulfide) groups is 1. The van der Waals surface area contributed by atoms with Crippen LogP contribution in [0.3, 0.4) is 0 Å². The number of carbonyl (C=O) groups excluding carboxylic acids is 1. The summed E-state index contributed by atoms with van der Waals surface area (Å²) in [5.41, 5.74) is 3.26. The quantitative estimate of drug-likeness (QED) is 0.377. The van der Waals surface area contributed by atoms with Gasteiger partial charge < -0.3 is 4.90 Å². The third-order valence-electron chi connectivity index (χ3n) is 6.05. The van der Waals surface area contributed by atoms with Gasteiger partial charge in [0, 0.05) is 23.3 Å². The molecule has 2 aromatic carbocycles. The van der Waals surface area contributed by atoms with E-state index >= 15 is 4.39 Å². The van der Waals surface area contributed by atoms with E-state index in [9.17, 15) is 4.79 Å². The number of para-hydroxylation sites is 1. The third kappa shape index (κ3) is 4.03. The molecule has 4 rings (SSSR count). The molecular weight excluding hydrogens is 427 g/mol. The fourth-order valence-corrected chi connectivity index (χ4v) is 5.98. The first-order chi connectivity index (χ1) is 14.7. The van der Waals surface area contributed by atoms with Crippen LogP contribution in [0.5, 0.6) is 0 Å². The lowest BCUT2D eigenvalue weighted by Crippen LogP contribution is -2.48. The number of anilines is 2. The Morgan fingerprint density at radius 3 is 2.65 bits per heavy atom. The highest BCUT2D eigenvalue weighted by Gasteiger charge is 2.37. The maximum Gasteiger partial charge on any atom is 0.270 e. The fourth-order valence-electron chi connectivity index (χ4n) is 4.69. The molecule has 3 nitrogen and oxygen atoms in total. The number of thiocarbonyl (C=S) groups is 1. The monoisotopic (exact) mass is 454 g/mol. The molecule has 0 radical (unpaired) electrons. The van der Waals surface area contributed by atoms with Crippen molar-refractivity contribution < 1.29 is 9.18 Å². The van der Waals surface area contributed by atoms with Crippen LogP contribution in [0, 0.1) is 5.82 Å². The highest BCUT2D eigenvalue weighted by Crippen LogP contribution is 2.45. The lowest BCUT2D eigenvalue weighted by atomic mass is 9.79. The van der Waals surface area contributed by atoms with E-state index in [1.54, 1.807) is 12.1 Å². The van der Waals surface area contributed by atoms with E-state index in [0.29, 0.717) is 20.7 Å². The summed E-state index contributed by atoms with van der Waals surface area (Å²) >= 11 is 6.66. The first-order valence-electron chi connectivity index (χ1n) is 10.7. The highest BCUT2D eigenvalue weighted by molar-refractivity contribution is 8.27. The molecule has 1 fully saturated rings. The number of benzene rings is 2. The van der Waals surface area contributed by atoms with Gasteiger partial charge in [-0.25, -0.2) is 4.39 Å². The number of fused-ring (bicyclic) bond motifs is 1. The van der Waals surface area contributed by atoms with E-state index in [4.69, 9.17) is 12.2 Å². The first-order valence-corrected chi connectivity index (χ1v) is 11.9. The van der Waals surface area contributed by atoms with Crippen LogP contribution in [0.4, 0.5) is 15.8 Å². The van der Waals surface area contributed by atoms with E-state index in [1.807, 2.05) is 36.4 Å². The van der Waals surface area contributed by atoms with Gasteiger partial charge >= 0.3 is 0 Å². The topological polar surface area (TPSA) is 23.6 Å². The third-order valence-corrected chi connectivity index (χ3v) is 7.35. The van der Waals surface area contributed by atoms with Crippen molar-refractivity contribution in [2.24, 2.45) is 0 Å². The number of hydrogen-bond acceptors (Lipinski definition) is 4. The van der Waals surface area contributed by atoms with Crippen LogP contribution < -0.4 is 9.80 Å². The Kier molecular flexibility index (Phi) is 5.97. The molecule has 2 aromatic rings. The van der Waals surface area contributed by atoms with Gasteiger partial charge in [-0.2, -0.15) is 0 Å². The van der Waals surface area contributed by atoms with Gasteiger partial charge in [0.15, 0.2) is 4.32 Å². The Labute approximate surface area is 193 Å². The summed E-state index contributed by atoms with van der Waals surface area (Å²) in [5.74, 6) is -0.209. The molecule has 0 bridgehead atoms. The molecule has 0 spiro atoms. The summed E-state index contributed by atoms with van der Waals surface area (Å²) in [7, 11) is 0. The highest BCUT2D eigenvalue weighted by atomic mass is 32.2. The number of amides is 1. The van der Waals surface area contributed by atoms with Gasteiger partial charge in [-0.15, -0.1) is 0 Å². The summed E-state index contributed by atoms with van der Waals surface area (Å²) in [4.78, 5) is 17.3. The van der Waals surface area contributed by atoms with Gasteiger partial charge in [0.25, 0.3) is 5.91 Å². The molecule has 2 heterocycles. The summed E-state index contributed by atoms with van der Waals surface area (Å²) in [6.45, 7) is 9.68. The van der Waals surface area contributed by atoms with Crippen molar-refractivity contribution in [3.8, 4) is 0 Å². The van der Waals surface area contributed by atoms with Crippen LogP contribution in [0.25, 0.3) is 6.08 Å². The summed E-state index contributed by atoms with van der Waals surface area (Å²) in [5, 5.41) is 0. The largest absolute Gasteiger partial charge is 0.366 e. The zero-order chi connectivity index (χ0) is 22.3. The van der Waals surface area contributed by atoms with Crippen LogP contribution >= 0.6 is 24.0 Å². The van der Waals surface area contributed by atoms with Crippen molar-refractivity contribution in [2.45, 2.75) is 52.0 Å². The van der Waals surface area contributed by atoms with Crippen molar-refractivity contribution in [2.75, 3.05) is 16.3 Å². The molecule has 31 heavy (non-hydrogen) atoms. The molecule has 162 valence electrons. The Morgan fingerprint density at radius 1 is 1.26 bits per heavy atom. The smallest absolute Gasteiger partial charge is 0.270 e. The Morgan fingerprint density at radius 2 is 1.97 bits per heavy atom. The normalized spacial score (nSPS) is 21.7. The molecular formula is C25H27FN2OS2. The molecule has 0 saturated carbocycles. The molecule has 2 aliphatic heterocycles. The molecule has 1 amide bonds. The minimum atomic E-state index is -0.310. The van der Waals surface area contributed by atoms with Gasteiger partial charge in [-0.3, -0.25) is 9.69 Å². The molecule has 1 atom stereocenters. The number of hydrogen-bond donors (Lipinski definition) is 0. The van der Waals surface area contributed by atoms with Crippen LogP contribution in [-0.4, -0.2) is 22.3 Å². The van der Waals surface area contributed by atoms with Gasteiger partial charge in [0.1, 0.15) is 5.82 Å². The van der Waals surface area contributed by atoms with Crippen molar-refractivity contribution in [1.82, 2.24) is 0 Å². The lowest BCUT2D eigenvalue weighted by Gasteiger charge is -2.47. The van der Waals surface area contributed by atoms with Crippen LogP contribution in [0.2, 0.25) is 0 Å². The fraction of sp³-hybridized carbons (Fsp3) is 0.360. The first kappa shape index (κ1) is 22.0. The van der Waals surface area contributed by atoms with Crippen LogP contribution in [0.1, 0.15) is 57.6 Å². The van der Waals surface area contributed by atoms with Crippen molar-refractivity contribution in [3.05, 3.63) is 64.3 Å². The van der Waals surface area contributed by atoms with Gasteiger partial charge in [-0.05, 0) is 68.5 Å². The predicted molar refractivity (Wildman–Crippen MR) is 133 cm³/mol. The van der Waals surface area contributed by atoms with E-state index in [0.717, 1.165) is 36.3 Å². The van der Waals surface area contributed by atoms with Crippen molar-refractivity contribution >= 4 is 51.7 Å². The SMILES string of the molecule is CCCN1c2cc(F)c(/C=C3/SC(=S)N(c4ccccc4)C3=O)cc2C(C)CC1(C)C. The summed E-state index contributed by atoms with van der Waals surface area (Å²) in [6, 6.07) is 12.9. The molecule has 0 aliphatic carbocycles. The Bertz CT molecular complexity index is 1060. The van der Waals surface area contributed by atoms with Gasteiger partial charge in [0.05, 0.1) is 10.6 Å². The molecule has 6 heteroatoms. The Hall–Kier alpha value is -2.18. The Balaban J connectivity index is 1.72. The van der Waals surface area contributed by atoms with Gasteiger partial charge in [-0.1, -0.05) is 56.0 Å². The summed E-state index contributed by atoms with van der Waals surface area (Å²) < 4.78 is 15.7. The number of carbonyl (C=O) groups is 1. The molecule has 2 aliphatic rings. The summed E-state index contributed by atoms with van der Waals surface area (Å²) in [6.07, 6.45) is 3.65. The minimum Gasteiger partial charge on any atom is -0.366 e. The number of nitrogens with zero attached hydrogens (tertiary/aromatic N) is 2. The number of rotatable bonds is 4. The number of halogens is 1. The van der Waals surface area contributed by atoms with E-state index in [-0.39, 0.29) is 17.3 Å². The maximum atomic E-state index is 15.2. The standard InChI is InChI=1S/C25H27FN2OS2/c1-5-11-27-21-14-20(26)17(12-19(21)16(2)15-25(27,3)4)13-22-23(29)28(24(30)31-22)18-9-7-6-8-10-18/h6-10,12-14,16H,5,11,15H2,1-4H3/b22-13+. The van der Waals surface area contributed by atoms with E-state index in [1.165, 1.54) is 16.7 Å². The second-order valence-electron chi connectivity index (χ2n) is 8.85. The van der Waals surface area contributed by atoms with Crippen molar-refractivity contribution in [3.63, 3.8) is 0 Å². The molecule has 0 aromatic heterocycles. The van der Waals surface area contributed by atoms with Crippen LogP contribution in [-0.2, 0) is 4.79 Å². The molecule has 0 N–H and O–H groups in total. The predicted octanol–water partition coefficient (Wildman–Crippen LogP) is 6.73. The zero-order valence-corrected chi connectivity index (χ0v) is 19.9. The minimum absolute atomic E-state index is 0.0194. The molecule has 1 unspecified atom stereocenters. The zero-order valence-electron chi connectivity index (χ0n) is 18.3. The second kappa shape index (κ2) is 8.40. The average Bonchev–Trinajstić information content (AvgIpc) is 2.99. The van der Waals surface area contributed by atoms with Crippen LogP contribution in [0.15, 0.2) is 47.4 Å². The maximum absolute atomic E-state index is 15.2. The average molecular weight is 455 g/mol. The molecule has 1 saturated heterocycles.